The predicted octanol–water partition coefficient (Wildman–Crippen LogP) is 4.70. The lowest BCUT2D eigenvalue weighted by atomic mass is 10.1. The minimum absolute atomic E-state index is 0.319. The molecule has 172 valence electrons. The molecule has 0 unspecified atom stereocenters. The molecule has 3 aromatic rings. The van der Waals surface area contributed by atoms with Gasteiger partial charge in [-0.3, -0.25) is 4.79 Å². The predicted molar refractivity (Wildman–Crippen MR) is 127 cm³/mol. The highest BCUT2D eigenvalue weighted by Crippen LogP contribution is 2.28. The Morgan fingerprint density at radius 2 is 1.24 bits per heavy atom. The summed E-state index contributed by atoms with van der Waals surface area (Å²) in [6, 6.07) is 17.4. The summed E-state index contributed by atoms with van der Waals surface area (Å²) in [5, 5.41) is 2.85. The van der Waals surface area contributed by atoms with Gasteiger partial charge in [0.05, 0.1) is 52.4 Å². The second-order valence-electron chi connectivity index (χ2n) is 6.75. The van der Waals surface area contributed by atoms with Gasteiger partial charge >= 0.3 is 0 Å². The fraction of sp³-hybridized carbons (Fsp3) is 0.200. The van der Waals surface area contributed by atoms with Gasteiger partial charge in [0.15, 0.2) is 0 Å². The number of anilines is 1. The third-order valence-electron chi connectivity index (χ3n) is 4.84. The Labute approximate surface area is 192 Å². The molecule has 0 spiro atoms. The fourth-order valence-electron chi connectivity index (χ4n) is 3.12. The fourth-order valence-corrected chi connectivity index (χ4v) is 3.12. The van der Waals surface area contributed by atoms with Gasteiger partial charge in [0.25, 0.3) is 5.91 Å². The molecule has 1 amide bonds. The Balaban J connectivity index is 1.83. The first-order valence-corrected chi connectivity index (χ1v) is 10.0. The van der Waals surface area contributed by atoms with Gasteiger partial charge in [-0.1, -0.05) is 0 Å². The first kappa shape index (κ1) is 23.5. The van der Waals surface area contributed by atoms with Crippen LogP contribution in [0.5, 0.6) is 23.0 Å². The molecule has 0 radical (unpaired) electrons. The summed E-state index contributed by atoms with van der Waals surface area (Å²) in [5.74, 6) is 2.32. The molecule has 3 aromatic carbocycles. The molecule has 1 N–H and O–H groups in total. The third kappa shape index (κ3) is 5.54. The Kier molecular flexibility index (Phi) is 7.75. The quantitative estimate of drug-likeness (QED) is 0.395. The van der Waals surface area contributed by atoms with Crippen LogP contribution in [-0.2, 0) is 4.74 Å². The van der Waals surface area contributed by atoms with Crippen molar-refractivity contribution in [3.05, 3.63) is 71.8 Å². The molecule has 0 aliphatic carbocycles. The van der Waals surface area contributed by atoms with Crippen LogP contribution in [0.25, 0.3) is 0 Å². The number of aliphatic imine (C=N–C) groups is 1. The van der Waals surface area contributed by atoms with E-state index in [0.29, 0.717) is 51.4 Å². The van der Waals surface area contributed by atoms with Gasteiger partial charge in [-0.25, -0.2) is 4.99 Å². The smallest absolute Gasteiger partial charge is 0.259 e. The van der Waals surface area contributed by atoms with Crippen molar-refractivity contribution in [3.8, 4) is 23.0 Å². The van der Waals surface area contributed by atoms with Crippen LogP contribution in [0.2, 0.25) is 0 Å². The van der Waals surface area contributed by atoms with E-state index in [1.54, 1.807) is 74.9 Å². The molecule has 0 fully saturated rings. The highest BCUT2D eigenvalue weighted by molar-refractivity contribution is 6.06. The number of carbonyl (C=O) groups is 1. The molecule has 8 nitrogen and oxygen atoms in total. The summed E-state index contributed by atoms with van der Waals surface area (Å²) in [4.78, 5) is 17.3. The van der Waals surface area contributed by atoms with Crippen LogP contribution in [0.1, 0.15) is 15.9 Å². The van der Waals surface area contributed by atoms with E-state index in [-0.39, 0.29) is 5.91 Å². The Bertz CT molecular complexity index is 1140. The normalized spacial score (nSPS) is 10.9. The molecule has 33 heavy (non-hydrogen) atoms. The summed E-state index contributed by atoms with van der Waals surface area (Å²) in [6.45, 7) is 0. The highest BCUT2D eigenvalue weighted by Gasteiger charge is 2.15. The zero-order valence-corrected chi connectivity index (χ0v) is 19.2. The van der Waals surface area contributed by atoms with Crippen LogP contribution in [0.15, 0.2) is 65.7 Å². The van der Waals surface area contributed by atoms with E-state index in [0.717, 1.165) is 0 Å². The molecule has 0 aliphatic rings. The maximum Gasteiger partial charge on any atom is 0.259 e. The number of carbonyl (C=O) groups excluding carboxylic acids is 1. The highest BCUT2D eigenvalue weighted by atomic mass is 16.5. The molecule has 8 heteroatoms. The van der Waals surface area contributed by atoms with Crippen molar-refractivity contribution >= 4 is 23.2 Å². The van der Waals surface area contributed by atoms with Crippen molar-refractivity contribution in [3.63, 3.8) is 0 Å². The lowest BCUT2D eigenvalue weighted by Crippen LogP contribution is -2.13. The first-order valence-electron chi connectivity index (χ1n) is 10.0. The van der Waals surface area contributed by atoms with Gasteiger partial charge in [0.1, 0.15) is 23.0 Å². The second kappa shape index (κ2) is 10.9. The number of hydrogen-bond acceptors (Lipinski definition) is 7. The summed E-state index contributed by atoms with van der Waals surface area (Å²) in [5.41, 5.74) is 2.25. The van der Waals surface area contributed by atoms with Crippen molar-refractivity contribution in [1.29, 1.82) is 0 Å². The minimum atomic E-state index is -0.319. The van der Waals surface area contributed by atoms with Gasteiger partial charge in [-0.2, -0.15) is 0 Å². The van der Waals surface area contributed by atoms with Crippen molar-refractivity contribution in [2.75, 3.05) is 40.9 Å². The maximum atomic E-state index is 12.8. The molecule has 0 saturated carbocycles. The van der Waals surface area contributed by atoms with Crippen LogP contribution < -0.4 is 24.3 Å². The molecule has 0 heterocycles. The van der Waals surface area contributed by atoms with Crippen LogP contribution in [0.4, 0.5) is 11.4 Å². The van der Waals surface area contributed by atoms with E-state index in [4.69, 9.17) is 23.7 Å². The lowest BCUT2D eigenvalue weighted by Gasteiger charge is -2.12. The van der Waals surface area contributed by atoms with E-state index >= 15 is 0 Å². The largest absolute Gasteiger partial charge is 0.497 e. The minimum Gasteiger partial charge on any atom is -0.497 e. The Morgan fingerprint density at radius 3 is 1.76 bits per heavy atom. The van der Waals surface area contributed by atoms with Gasteiger partial charge < -0.3 is 29.0 Å². The van der Waals surface area contributed by atoms with Gasteiger partial charge in [0, 0.05) is 5.69 Å². The summed E-state index contributed by atoms with van der Waals surface area (Å²) in [6.07, 6.45) is 0. The van der Waals surface area contributed by atoms with E-state index in [9.17, 15) is 4.79 Å². The number of rotatable bonds is 8. The number of nitrogens with one attached hydrogen (secondary N) is 1. The van der Waals surface area contributed by atoms with Crippen LogP contribution >= 0.6 is 0 Å². The van der Waals surface area contributed by atoms with E-state index < -0.39 is 0 Å². The molecule has 0 atom stereocenters. The average Bonchev–Trinajstić information content (AvgIpc) is 2.87. The van der Waals surface area contributed by atoms with Crippen LogP contribution in [0.3, 0.4) is 0 Å². The number of hydrogen-bond donors (Lipinski definition) is 1. The lowest BCUT2D eigenvalue weighted by molar-refractivity contribution is 0.102. The van der Waals surface area contributed by atoms with E-state index in [1.807, 2.05) is 0 Å². The van der Waals surface area contributed by atoms with Crippen LogP contribution in [0, 0.1) is 0 Å². The van der Waals surface area contributed by atoms with Gasteiger partial charge in [-0.05, 0) is 60.7 Å². The molecule has 0 aromatic heterocycles. The third-order valence-corrected chi connectivity index (χ3v) is 4.84. The standard InChI is InChI=1S/C25H26N2O6/c1-29-18-10-12-22(31-3)20(14-18)24(28)26-16-6-8-17(9-7-16)27-25(33-5)21-15-19(30-2)11-13-23(21)32-4/h6-15H,1-5H3,(H,26,28). The van der Waals surface area contributed by atoms with Crippen molar-refractivity contribution < 1.29 is 28.5 Å². The molecular weight excluding hydrogens is 424 g/mol. The summed E-state index contributed by atoms with van der Waals surface area (Å²) in [7, 11) is 7.75. The Morgan fingerprint density at radius 1 is 0.697 bits per heavy atom. The van der Waals surface area contributed by atoms with Gasteiger partial charge in [0.2, 0.25) is 5.90 Å². The SMILES string of the molecule is COC(=Nc1ccc(NC(=O)c2cc(OC)ccc2OC)cc1)c1cc(OC)ccc1OC. The molecule has 0 bridgehead atoms. The monoisotopic (exact) mass is 450 g/mol. The molecule has 0 saturated heterocycles. The topological polar surface area (TPSA) is 87.6 Å². The number of amides is 1. The van der Waals surface area contributed by atoms with E-state index in [2.05, 4.69) is 10.3 Å². The van der Waals surface area contributed by atoms with E-state index in [1.165, 1.54) is 21.3 Å². The number of methoxy groups -OCH3 is 5. The zero-order chi connectivity index (χ0) is 23.8. The zero-order valence-electron chi connectivity index (χ0n) is 19.2. The number of benzene rings is 3. The molecule has 0 aliphatic heterocycles. The summed E-state index contributed by atoms with van der Waals surface area (Å²) < 4.78 is 26.7. The maximum absolute atomic E-state index is 12.8. The summed E-state index contributed by atoms with van der Waals surface area (Å²) >= 11 is 0. The average molecular weight is 450 g/mol. The molecular formula is C25H26N2O6. The van der Waals surface area contributed by atoms with Crippen molar-refractivity contribution in [2.24, 2.45) is 4.99 Å². The second-order valence-corrected chi connectivity index (χ2v) is 6.75. The molecule has 3 rings (SSSR count). The van der Waals surface area contributed by atoms with Crippen molar-refractivity contribution in [1.82, 2.24) is 0 Å². The van der Waals surface area contributed by atoms with Crippen LogP contribution in [-0.4, -0.2) is 47.4 Å². The number of ether oxygens (including phenoxy) is 5. The Hall–Kier alpha value is -4.20. The first-order chi connectivity index (χ1) is 16.0. The number of nitrogens with zero attached hydrogens (tertiary/aromatic N) is 1. The van der Waals surface area contributed by atoms with Gasteiger partial charge in [-0.15, -0.1) is 0 Å². The van der Waals surface area contributed by atoms with Crippen molar-refractivity contribution in [2.45, 2.75) is 0 Å².